The van der Waals surface area contributed by atoms with Gasteiger partial charge >= 0.3 is 0 Å². The van der Waals surface area contributed by atoms with Gasteiger partial charge in [0.2, 0.25) is 0 Å². The molecule has 0 aliphatic carbocycles. The number of nitrogens with zero attached hydrogens (tertiary/aromatic N) is 3. The van der Waals surface area contributed by atoms with Crippen molar-refractivity contribution in [2.45, 2.75) is 13.5 Å². The minimum atomic E-state index is -0.155. The first-order valence-corrected chi connectivity index (χ1v) is 5.73. The molecule has 3 rings (SSSR count). The largest absolute Gasteiger partial charge is 0.293 e. The van der Waals surface area contributed by atoms with Crippen molar-refractivity contribution in [3.8, 4) is 0 Å². The van der Waals surface area contributed by atoms with Crippen LogP contribution in [0.2, 0.25) is 0 Å². The second-order valence-electron chi connectivity index (χ2n) is 4.00. The Morgan fingerprint density at radius 1 is 1.17 bits per heavy atom. The zero-order valence-electron chi connectivity index (χ0n) is 9.83. The van der Waals surface area contributed by atoms with E-state index in [0.717, 1.165) is 0 Å². The first kappa shape index (κ1) is 10.7. The molecule has 0 aliphatic heterocycles. The predicted molar refractivity (Wildman–Crippen MR) is 68.9 cm³/mol. The van der Waals surface area contributed by atoms with Crippen LogP contribution in [0.1, 0.15) is 6.92 Å². The molecule has 0 saturated heterocycles. The number of hydrogen-bond donors (Lipinski definition) is 0. The Morgan fingerprint density at radius 3 is 2.78 bits per heavy atom. The van der Waals surface area contributed by atoms with E-state index in [1.807, 2.05) is 13.0 Å². The van der Waals surface area contributed by atoms with Crippen LogP contribution in [0.5, 0.6) is 0 Å². The lowest BCUT2D eigenvalue weighted by Crippen LogP contribution is -2.24. The van der Waals surface area contributed by atoms with Gasteiger partial charge in [-0.25, -0.2) is 4.98 Å². The third-order valence-electron chi connectivity index (χ3n) is 2.98. The normalized spacial score (nSPS) is 11.2. The fourth-order valence-corrected chi connectivity index (χ4v) is 2.10. The number of rotatable bonds is 1. The summed E-state index contributed by atoms with van der Waals surface area (Å²) in [5.41, 5.74) is 0.694. The van der Waals surface area contributed by atoms with Crippen LogP contribution in [0.25, 0.3) is 16.7 Å². The van der Waals surface area contributed by atoms with Crippen molar-refractivity contribution in [3.63, 3.8) is 0 Å². The average Bonchev–Trinajstić information content (AvgIpc) is 2.39. The van der Waals surface area contributed by atoms with Crippen LogP contribution in [-0.4, -0.2) is 14.0 Å². The summed E-state index contributed by atoms with van der Waals surface area (Å²) >= 11 is 0. The first-order chi connectivity index (χ1) is 8.72. The van der Waals surface area contributed by atoms with E-state index in [1.165, 1.54) is 15.0 Å². The molecule has 0 spiro atoms. The van der Waals surface area contributed by atoms with Gasteiger partial charge in [0.15, 0.2) is 5.65 Å². The van der Waals surface area contributed by atoms with E-state index in [4.69, 9.17) is 0 Å². The summed E-state index contributed by atoms with van der Waals surface area (Å²) in [6.45, 7) is 2.35. The van der Waals surface area contributed by atoms with Crippen LogP contribution >= 0.6 is 0 Å². The average molecular weight is 241 g/mol. The maximum Gasteiger partial charge on any atom is 0.267 e. The molecule has 0 saturated carbocycles. The summed E-state index contributed by atoms with van der Waals surface area (Å²) < 4.78 is 2.98. The third-order valence-corrected chi connectivity index (χ3v) is 2.98. The van der Waals surface area contributed by atoms with Crippen molar-refractivity contribution < 1.29 is 0 Å². The van der Waals surface area contributed by atoms with E-state index in [0.29, 0.717) is 23.2 Å². The van der Waals surface area contributed by atoms with Gasteiger partial charge in [-0.15, -0.1) is 0 Å². The number of pyridine rings is 2. The van der Waals surface area contributed by atoms with Crippen molar-refractivity contribution in [3.05, 3.63) is 57.2 Å². The fourth-order valence-electron chi connectivity index (χ4n) is 2.10. The lowest BCUT2D eigenvalue weighted by atomic mass is 10.3. The minimum Gasteiger partial charge on any atom is -0.293 e. The highest BCUT2D eigenvalue weighted by atomic mass is 16.1. The van der Waals surface area contributed by atoms with Crippen LogP contribution in [0.3, 0.4) is 0 Å². The molecule has 0 atom stereocenters. The topological polar surface area (TPSA) is 56.4 Å². The van der Waals surface area contributed by atoms with Gasteiger partial charge in [0.1, 0.15) is 5.65 Å². The van der Waals surface area contributed by atoms with E-state index in [9.17, 15) is 9.59 Å². The Bertz CT molecular complexity index is 861. The van der Waals surface area contributed by atoms with E-state index in [-0.39, 0.29) is 11.1 Å². The molecule has 3 heterocycles. The molecule has 0 N–H and O–H groups in total. The molecule has 5 nitrogen and oxygen atoms in total. The van der Waals surface area contributed by atoms with E-state index in [2.05, 4.69) is 4.98 Å². The summed E-state index contributed by atoms with van der Waals surface area (Å²) in [7, 11) is 0. The smallest absolute Gasteiger partial charge is 0.267 e. The lowest BCUT2D eigenvalue weighted by Gasteiger charge is -2.07. The summed E-state index contributed by atoms with van der Waals surface area (Å²) in [6, 6.07) is 8.28. The minimum absolute atomic E-state index is 0.141. The predicted octanol–water partition coefficient (Wildman–Crippen LogP) is 1.03. The number of fused-ring (bicyclic) bond motifs is 2. The molecule has 3 aromatic rings. The molecule has 0 fully saturated rings. The van der Waals surface area contributed by atoms with Crippen molar-refractivity contribution in [2.24, 2.45) is 0 Å². The van der Waals surface area contributed by atoms with Crippen molar-refractivity contribution >= 4 is 16.7 Å². The summed E-state index contributed by atoms with van der Waals surface area (Å²) in [5.74, 6) is 0. The standard InChI is InChI=1S/C13H11N3O2/c1-2-15-11(17)7-6-9-12(15)14-10-5-3-4-8-16(10)13(9)18/h3-8H,2H2,1H3. The Labute approximate surface area is 102 Å². The first-order valence-electron chi connectivity index (χ1n) is 5.73. The Kier molecular flexibility index (Phi) is 2.26. The van der Waals surface area contributed by atoms with Gasteiger partial charge in [0.05, 0.1) is 5.39 Å². The van der Waals surface area contributed by atoms with Gasteiger partial charge in [-0.1, -0.05) is 6.07 Å². The van der Waals surface area contributed by atoms with Crippen LogP contribution in [0.15, 0.2) is 46.1 Å². The Balaban J connectivity index is 2.64. The molecule has 0 bridgehead atoms. The van der Waals surface area contributed by atoms with Crippen LogP contribution in [0.4, 0.5) is 0 Å². The monoisotopic (exact) mass is 241 g/mol. The maximum absolute atomic E-state index is 12.3. The van der Waals surface area contributed by atoms with E-state index >= 15 is 0 Å². The van der Waals surface area contributed by atoms with Gasteiger partial charge in [0, 0.05) is 18.8 Å². The zero-order chi connectivity index (χ0) is 12.7. The SMILES string of the molecule is CCn1c(=O)ccc2c(=O)n3ccccc3nc21. The second-order valence-corrected chi connectivity index (χ2v) is 4.00. The second kappa shape index (κ2) is 3.80. The van der Waals surface area contributed by atoms with Crippen molar-refractivity contribution in [1.29, 1.82) is 0 Å². The third kappa shape index (κ3) is 1.37. The van der Waals surface area contributed by atoms with E-state index < -0.39 is 0 Å². The molecule has 18 heavy (non-hydrogen) atoms. The molecular formula is C13H11N3O2. The van der Waals surface area contributed by atoms with Gasteiger partial charge < -0.3 is 0 Å². The zero-order valence-corrected chi connectivity index (χ0v) is 9.83. The van der Waals surface area contributed by atoms with E-state index in [1.54, 1.807) is 24.4 Å². The Hall–Kier alpha value is -2.43. The molecule has 0 aliphatic rings. The number of aryl methyl sites for hydroxylation is 1. The summed E-state index contributed by atoms with van der Waals surface area (Å²) in [4.78, 5) is 28.4. The molecule has 0 unspecified atom stereocenters. The molecule has 0 radical (unpaired) electrons. The quantitative estimate of drug-likeness (QED) is 0.598. The molecule has 0 aromatic carbocycles. The molecule has 3 aromatic heterocycles. The number of hydrogen-bond acceptors (Lipinski definition) is 3. The van der Waals surface area contributed by atoms with Crippen molar-refractivity contribution in [2.75, 3.05) is 0 Å². The van der Waals surface area contributed by atoms with Crippen LogP contribution in [-0.2, 0) is 6.54 Å². The molecule has 5 heteroatoms. The Morgan fingerprint density at radius 2 is 2.00 bits per heavy atom. The summed E-state index contributed by atoms with van der Waals surface area (Å²) in [5, 5.41) is 0.458. The lowest BCUT2D eigenvalue weighted by molar-refractivity contribution is 0.748. The van der Waals surface area contributed by atoms with Crippen LogP contribution in [0, 0.1) is 0 Å². The van der Waals surface area contributed by atoms with Gasteiger partial charge in [-0.2, -0.15) is 0 Å². The van der Waals surface area contributed by atoms with Crippen LogP contribution < -0.4 is 11.1 Å². The fraction of sp³-hybridized carbons (Fsp3) is 0.154. The molecular weight excluding hydrogens is 230 g/mol. The highest BCUT2D eigenvalue weighted by molar-refractivity contribution is 5.76. The highest BCUT2D eigenvalue weighted by Gasteiger charge is 2.08. The summed E-state index contributed by atoms with van der Waals surface area (Å²) in [6.07, 6.45) is 1.67. The van der Waals surface area contributed by atoms with Gasteiger partial charge in [-0.05, 0) is 25.1 Å². The van der Waals surface area contributed by atoms with Gasteiger partial charge in [0.25, 0.3) is 11.1 Å². The van der Waals surface area contributed by atoms with Crippen molar-refractivity contribution in [1.82, 2.24) is 14.0 Å². The molecule has 90 valence electrons. The molecule has 0 amide bonds. The number of aromatic nitrogens is 3. The maximum atomic E-state index is 12.3. The van der Waals surface area contributed by atoms with Gasteiger partial charge in [-0.3, -0.25) is 18.6 Å². The highest BCUT2D eigenvalue weighted by Crippen LogP contribution is 2.06.